The first-order valence-electron chi connectivity index (χ1n) is 8.64. The summed E-state index contributed by atoms with van der Waals surface area (Å²) >= 11 is 5.72. The van der Waals surface area contributed by atoms with Gasteiger partial charge in [0.2, 0.25) is 10.0 Å². The highest BCUT2D eigenvalue weighted by atomic mass is 35.5. The maximum absolute atomic E-state index is 12.6. The number of para-hydroxylation sites is 1. The zero-order chi connectivity index (χ0) is 21.1. The fourth-order valence-corrected chi connectivity index (χ4v) is 4.50. The van der Waals surface area contributed by atoms with Crippen molar-refractivity contribution >= 4 is 21.6 Å². The molecule has 0 atom stereocenters. The molecule has 3 rings (SSSR count). The van der Waals surface area contributed by atoms with Gasteiger partial charge in [-0.25, -0.2) is 23.1 Å². The average Bonchev–Trinajstić information content (AvgIpc) is 2.64. The van der Waals surface area contributed by atoms with Crippen LogP contribution in [0, 0.1) is 0 Å². The molecule has 1 heterocycles. The van der Waals surface area contributed by atoms with Gasteiger partial charge in [-0.1, -0.05) is 23.7 Å². The molecule has 0 saturated heterocycles. The number of benzene rings is 1. The van der Waals surface area contributed by atoms with Crippen molar-refractivity contribution in [1.82, 2.24) is 14.7 Å². The first-order chi connectivity index (χ1) is 13.6. The monoisotopic (exact) mass is 451 g/mol. The van der Waals surface area contributed by atoms with E-state index < -0.39 is 33.1 Å². The summed E-state index contributed by atoms with van der Waals surface area (Å²) in [4.78, 5) is 7.33. The number of ether oxygens (including phenoxy) is 2. The van der Waals surface area contributed by atoms with E-state index in [2.05, 4.69) is 19.4 Å². The summed E-state index contributed by atoms with van der Waals surface area (Å²) in [5.41, 5.74) is 0. The molecule has 0 unspecified atom stereocenters. The zero-order valence-electron chi connectivity index (χ0n) is 14.9. The van der Waals surface area contributed by atoms with Gasteiger partial charge in [0.25, 0.3) is 0 Å². The third-order valence-electron chi connectivity index (χ3n) is 4.23. The fraction of sp³-hybridized carbons (Fsp3) is 0.412. The number of alkyl halides is 3. The lowest BCUT2D eigenvalue weighted by Crippen LogP contribution is -2.40. The largest absolute Gasteiger partial charge is 0.573 e. The lowest BCUT2D eigenvalue weighted by Gasteiger charge is -2.28. The molecule has 0 radical (unpaired) electrons. The van der Waals surface area contributed by atoms with Gasteiger partial charge in [-0.15, -0.1) is 13.2 Å². The SMILES string of the molecule is O=S(=O)(NC1CCC(Oc2ncc(Cl)cn2)CC1)c1ccccc1OC(F)(F)F. The first-order valence-corrected chi connectivity index (χ1v) is 10.5. The van der Waals surface area contributed by atoms with Crippen molar-refractivity contribution in [3.05, 3.63) is 41.7 Å². The topological polar surface area (TPSA) is 90.4 Å². The van der Waals surface area contributed by atoms with Crippen LogP contribution in [0.2, 0.25) is 5.02 Å². The van der Waals surface area contributed by atoms with Gasteiger partial charge < -0.3 is 9.47 Å². The molecule has 1 aliphatic rings. The van der Waals surface area contributed by atoms with Crippen LogP contribution in [0.15, 0.2) is 41.6 Å². The normalized spacial score (nSPS) is 20.3. The van der Waals surface area contributed by atoms with Gasteiger partial charge in [-0.3, -0.25) is 0 Å². The minimum atomic E-state index is -5.00. The first kappa shape index (κ1) is 21.6. The van der Waals surface area contributed by atoms with E-state index in [9.17, 15) is 21.6 Å². The summed E-state index contributed by atoms with van der Waals surface area (Å²) in [5.74, 6) is -0.774. The predicted octanol–water partition coefficient (Wildman–Crippen LogP) is 3.70. The number of rotatable bonds is 6. The van der Waals surface area contributed by atoms with Crippen molar-refractivity contribution in [3.8, 4) is 11.8 Å². The molecule has 1 aromatic heterocycles. The highest BCUT2D eigenvalue weighted by molar-refractivity contribution is 7.89. The Balaban J connectivity index is 1.60. The molecule has 7 nitrogen and oxygen atoms in total. The Morgan fingerprint density at radius 3 is 2.31 bits per heavy atom. The molecule has 0 bridgehead atoms. The summed E-state index contributed by atoms with van der Waals surface area (Å²) in [7, 11) is -4.20. The van der Waals surface area contributed by atoms with E-state index >= 15 is 0 Å². The fourth-order valence-electron chi connectivity index (χ4n) is 2.97. The average molecular weight is 452 g/mol. The molecule has 1 aromatic carbocycles. The van der Waals surface area contributed by atoms with Crippen LogP contribution in [0.3, 0.4) is 0 Å². The Hall–Kier alpha value is -2.11. The molecule has 1 aliphatic carbocycles. The van der Waals surface area contributed by atoms with Gasteiger partial charge in [0.15, 0.2) is 0 Å². The summed E-state index contributed by atoms with van der Waals surface area (Å²) in [5, 5.41) is 0.380. The predicted molar refractivity (Wildman–Crippen MR) is 97.2 cm³/mol. The lowest BCUT2D eigenvalue weighted by atomic mass is 9.94. The smallest absolute Gasteiger partial charge is 0.460 e. The van der Waals surface area contributed by atoms with E-state index in [-0.39, 0.29) is 12.1 Å². The third-order valence-corrected chi connectivity index (χ3v) is 5.98. The second kappa shape index (κ2) is 8.72. The standard InChI is InChI=1S/C17H17ClF3N3O4S/c18-11-9-22-16(23-10-11)27-13-7-5-12(6-8-13)24-29(25,26)15-4-2-1-3-14(15)28-17(19,20)21/h1-4,9-10,12-13,24H,5-8H2. The summed E-state index contributed by atoms with van der Waals surface area (Å²) in [6.07, 6.45) is -0.434. The Bertz CT molecular complexity index is 934. The Morgan fingerprint density at radius 2 is 1.69 bits per heavy atom. The maximum Gasteiger partial charge on any atom is 0.573 e. The number of nitrogens with one attached hydrogen (secondary N) is 1. The molecule has 0 amide bonds. The number of halogens is 4. The van der Waals surface area contributed by atoms with E-state index in [1.807, 2.05) is 0 Å². The number of hydrogen-bond donors (Lipinski definition) is 1. The Morgan fingerprint density at radius 1 is 1.07 bits per heavy atom. The molecule has 0 spiro atoms. The Labute approximate surface area is 170 Å². The lowest BCUT2D eigenvalue weighted by molar-refractivity contribution is -0.275. The van der Waals surface area contributed by atoms with Gasteiger partial charge in [-0.05, 0) is 37.8 Å². The van der Waals surface area contributed by atoms with Crippen LogP contribution in [-0.4, -0.2) is 36.9 Å². The van der Waals surface area contributed by atoms with Crippen LogP contribution in [0.5, 0.6) is 11.8 Å². The molecule has 1 fully saturated rings. The number of hydrogen-bond acceptors (Lipinski definition) is 6. The van der Waals surface area contributed by atoms with E-state index in [0.29, 0.717) is 30.7 Å². The molecule has 12 heteroatoms. The van der Waals surface area contributed by atoms with Gasteiger partial charge >= 0.3 is 12.4 Å². The van der Waals surface area contributed by atoms with Crippen molar-refractivity contribution in [1.29, 1.82) is 0 Å². The van der Waals surface area contributed by atoms with Crippen molar-refractivity contribution in [3.63, 3.8) is 0 Å². The van der Waals surface area contributed by atoms with Crippen LogP contribution in [0.1, 0.15) is 25.7 Å². The van der Waals surface area contributed by atoms with Crippen LogP contribution < -0.4 is 14.2 Å². The Kier molecular flexibility index (Phi) is 6.49. The highest BCUT2D eigenvalue weighted by Crippen LogP contribution is 2.30. The molecule has 158 valence electrons. The molecule has 0 aliphatic heterocycles. The molecule has 1 saturated carbocycles. The number of aromatic nitrogens is 2. The summed E-state index contributed by atoms with van der Waals surface area (Å²) in [6, 6.07) is 4.35. The highest BCUT2D eigenvalue weighted by Gasteiger charge is 2.35. The second-order valence-electron chi connectivity index (χ2n) is 6.39. The number of nitrogens with zero attached hydrogens (tertiary/aromatic N) is 2. The van der Waals surface area contributed by atoms with Gasteiger partial charge in [0, 0.05) is 6.04 Å². The van der Waals surface area contributed by atoms with Crippen molar-refractivity contribution in [2.75, 3.05) is 0 Å². The van der Waals surface area contributed by atoms with E-state index in [1.54, 1.807) is 0 Å². The van der Waals surface area contributed by atoms with Crippen molar-refractivity contribution in [2.45, 2.75) is 49.1 Å². The van der Waals surface area contributed by atoms with Crippen molar-refractivity contribution in [2.24, 2.45) is 0 Å². The molecular formula is C17H17ClF3N3O4S. The van der Waals surface area contributed by atoms with Crippen LogP contribution in [0.4, 0.5) is 13.2 Å². The van der Waals surface area contributed by atoms with Crippen molar-refractivity contribution < 1.29 is 31.1 Å². The minimum Gasteiger partial charge on any atom is -0.460 e. The van der Waals surface area contributed by atoms with E-state index in [4.69, 9.17) is 16.3 Å². The summed E-state index contributed by atoms with van der Waals surface area (Å²) < 4.78 is 74.7. The van der Waals surface area contributed by atoms with Gasteiger partial charge in [0.1, 0.15) is 16.7 Å². The van der Waals surface area contributed by atoms with Gasteiger partial charge in [0.05, 0.1) is 17.4 Å². The van der Waals surface area contributed by atoms with Crippen LogP contribution in [-0.2, 0) is 10.0 Å². The van der Waals surface area contributed by atoms with E-state index in [0.717, 1.165) is 12.1 Å². The molecule has 29 heavy (non-hydrogen) atoms. The number of sulfonamides is 1. The third kappa shape index (κ3) is 6.18. The van der Waals surface area contributed by atoms with Gasteiger partial charge in [-0.2, -0.15) is 0 Å². The maximum atomic E-state index is 12.6. The summed E-state index contributed by atoms with van der Waals surface area (Å²) in [6.45, 7) is 0. The zero-order valence-corrected chi connectivity index (χ0v) is 16.5. The quantitative estimate of drug-likeness (QED) is 0.720. The molecule has 2 aromatic rings. The van der Waals surface area contributed by atoms with Crippen LogP contribution >= 0.6 is 11.6 Å². The minimum absolute atomic E-state index is 0.177. The second-order valence-corrected chi connectivity index (χ2v) is 8.51. The van der Waals surface area contributed by atoms with Crippen LogP contribution in [0.25, 0.3) is 0 Å². The molecule has 1 N–H and O–H groups in total. The molecular weight excluding hydrogens is 435 g/mol. The van der Waals surface area contributed by atoms with E-state index in [1.165, 1.54) is 24.5 Å².